The van der Waals surface area contributed by atoms with E-state index in [4.69, 9.17) is 0 Å². The SMILES string of the molecule is Cc1nc(CCC(=O)N2CCCC3(CCC(=O)N(C4CC4)C3)C2)n[nH]1. The number of nitrogens with zero attached hydrogens (tertiary/aromatic N) is 4. The molecule has 136 valence electrons. The molecule has 25 heavy (non-hydrogen) atoms. The number of aryl methyl sites for hydroxylation is 2. The molecule has 2 saturated heterocycles. The van der Waals surface area contributed by atoms with Gasteiger partial charge in [0.1, 0.15) is 5.82 Å². The van der Waals surface area contributed by atoms with Crippen LogP contribution in [0.3, 0.4) is 0 Å². The zero-order valence-corrected chi connectivity index (χ0v) is 15.0. The second-order valence-electron chi connectivity index (χ2n) is 8.01. The number of carbonyl (C=O) groups is 2. The Bertz CT molecular complexity index is 668. The van der Waals surface area contributed by atoms with E-state index < -0.39 is 0 Å². The number of nitrogens with one attached hydrogen (secondary N) is 1. The van der Waals surface area contributed by atoms with Gasteiger partial charge in [0.25, 0.3) is 0 Å². The first kappa shape index (κ1) is 16.5. The summed E-state index contributed by atoms with van der Waals surface area (Å²) in [6.07, 6.45) is 7.10. The van der Waals surface area contributed by atoms with Crippen molar-refractivity contribution in [2.45, 2.75) is 64.3 Å². The van der Waals surface area contributed by atoms with Gasteiger partial charge in [-0.15, -0.1) is 0 Å². The quantitative estimate of drug-likeness (QED) is 0.895. The maximum absolute atomic E-state index is 12.7. The number of hydrogen-bond donors (Lipinski definition) is 1. The Balaban J connectivity index is 1.36. The number of aromatic amines is 1. The van der Waals surface area contributed by atoms with Gasteiger partial charge in [-0.3, -0.25) is 14.7 Å². The van der Waals surface area contributed by atoms with Gasteiger partial charge >= 0.3 is 0 Å². The van der Waals surface area contributed by atoms with E-state index in [9.17, 15) is 9.59 Å². The smallest absolute Gasteiger partial charge is 0.223 e. The summed E-state index contributed by atoms with van der Waals surface area (Å²) in [7, 11) is 0. The van der Waals surface area contributed by atoms with Gasteiger partial charge in [0.05, 0.1) is 0 Å². The third-order valence-electron chi connectivity index (χ3n) is 5.90. The minimum atomic E-state index is 0.117. The molecule has 3 aliphatic rings. The lowest BCUT2D eigenvalue weighted by Crippen LogP contribution is -2.55. The van der Waals surface area contributed by atoms with Gasteiger partial charge < -0.3 is 9.80 Å². The van der Waals surface area contributed by atoms with Crippen molar-refractivity contribution in [1.82, 2.24) is 25.0 Å². The van der Waals surface area contributed by atoms with Crippen LogP contribution in [0.25, 0.3) is 0 Å². The lowest BCUT2D eigenvalue weighted by Gasteiger charge is -2.48. The van der Waals surface area contributed by atoms with Crippen molar-refractivity contribution in [3.63, 3.8) is 0 Å². The van der Waals surface area contributed by atoms with Gasteiger partial charge in [-0.2, -0.15) is 5.10 Å². The summed E-state index contributed by atoms with van der Waals surface area (Å²) in [5.41, 5.74) is 0.117. The molecule has 1 N–H and O–H groups in total. The third kappa shape index (κ3) is 3.55. The van der Waals surface area contributed by atoms with Crippen LogP contribution in [0.1, 0.15) is 56.6 Å². The third-order valence-corrected chi connectivity index (χ3v) is 5.90. The predicted molar refractivity (Wildman–Crippen MR) is 91.7 cm³/mol. The number of rotatable bonds is 4. The highest BCUT2D eigenvalue weighted by molar-refractivity contribution is 5.78. The van der Waals surface area contributed by atoms with Crippen LogP contribution in [0.4, 0.5) is 0 Å². The Morgan fingerprint density at radius 2 is 2.16 bits per heavy atom. The lowest BCUT2D eigenvalue weighted by molar-refractivity contribution is -0.143. The minimum Gasteiger partial charge on any atom is -0.342 e. The van der Waals surface area contributed by atoms with Crippen molar-refractivity contribution in [2.75, 3.05) is 19.6 Å². The monoisotopic (exact) mass is 345 g/mol. The fourth-order valence-electron chi connectivity index (χ4n) is 4.39. The molecule has 4 rings (SSSR count). The van der Waals surface area contributed by atoms with E-state index in [0.29, 0.717) is 37.0 Å². The summed E-state index contributed by atoms with van der Waals surface area (Å²) >= 11 is 0. The Morgan fingerprint density at radius 3 is 2.88 bits per heavy atom. The molecule has 2 aliphatic heterocycles. The van der Waals surface area contributed by atoms with E-state index in [0.717, 1.165) is 57.6 Å². The topological polar surface area (TPSA) is 82.2 Å². The molecule has 7 nitrogen and oxygen atoms in total. The highest BCUT2D eigenvalue weighted by atomic mass is 16.2. The normalized spacial score (nSPS) is 27.2. The fraction of sp³-hybridized carbons (Fsp3) is 0.778. The maximum atomic E-state index is 12.7. The Hall–Kier alpha value is -1.92. The number of aromatic nitrogens is 3. The van der Waals surface area contributed by atoms with Crippen LogP contribution >= 0.6 is 0 Å². The first-order valence-corrected chi connectivity index (χ1v) is 9.50. The van der Waals surface area contributed by atoms with E-state index in [1.807, 2.05) is 11.8 Å². The lowest BCUT2D eigenvalue weighted by atomic mass is 9.73. The molecule has 1 spiro atoms. The standard InChI is InChI=1S/C18H27N5O2/c1-13-19-15(21-20-13)5-6-16(24)22-10-2-8-18(11-22)9-7-17(25)23(12-18)14-3-4-14/h14H,2-12H2,1H3,(H,19,20,21). The van der Waals surface area contributed by atoms with Crippen molar-refractivity contribution in [3.8, 4) is 0 Å². The number of H-pyrrole nitrogens is 1. The zero-order valence-electron chi connectivity index (χ0n) is 15.0. The number of hydrogen-bond acceptors (Lipinski definition) is 4. The molecule has 0 bridgehead atoms. The van der Waals surface area contributed by atoms with Gasteiger partial charge in [0.2, 0.25) is 11.8 Å². The van der Waals surface area contributed by atoms with Crippen LogP contribution in [-0.2, 0) is 16.0 Å². The molecule has 7 heteroatoms. The Morgan fingerprint density at radius 1 is 1.32 bits per heavy atom. The molecule has 1 aromatic rings. The van der Waals surface area contributed by atoms with Gasteiger partial charge in [0, 0.05) is 50.4 Å². The van der Waals surface area contributed by atoms with Gasteiger partial charge in [-0.25, -0.2) is 4.98 Å². The highest BCUT2D eigenvalue weighted by Gasteiger charge is 2.46. The summed E-state index contributed by atoms with van der Waals surface area (Å²) in [5, 5.41) is 6.93. The molecular weight excluding hydrogens is 318 g/mol. The molecule has 1 atom stereocenters. The molecule has 2 amide bonds. The Kier molecular flexibility index (Phi) is 4.25. The van der Waals surface area contributed by atoms with Gasteiger partial charge in [0.15, 0.2) is 5.82 Å². The number of likely N-dealkylation sites (tertiary alicyclic amines) is 2. The maximum Gasteiger partial charge on any atom is 0.223 e. The average Bonchev–Trinajstić information content (AvgIpc) is 3.37. The van der Waals surface area contributed by atoms with E-state index >= 15 is 0 Å². The zero-order chi connectivity index (χ0) is 17.4. The van der Waals surface area contributed by atoms with Crippen molar-refractivity contribution in [3.05, 3.63) is 11.6 Å². The van der Waals surface area contributed by atoms with Crippen molar-refractivity contribution < 1.29 is 9.59 Å². The van der Waals surface area contributed by atoms with Crippen LogP contribution < -0.4 is 0 Å². The number of piperidine rings is 2. The molecule has 1 unspecified atom stereocenters. The molecule has 1 saturated carbocycles. The van der Waals surface area contributed by atoms with E-state index in [1.165, 1.54) is 0 Å². The number of carbonyl (C=O) groups excluding carboxylic acids is 2. The minimum absolute atomic E-state index is 0.117. The van der Waals surface area contributed by atoms with Crippen LogP contribution in [0.2, 0.25) is 0 Å². The molecule has 0 aromatic carbocycles. The summed E-state index contributed by atoms with van der Waals surface area (Å²) in [6, 6.07) is 0.477. The molecule has 3 heterocycles. The van der Waals surface area contributed by atoms with Crippen molar-refractivity contribution >= 4 is 11.8 Å². The number of amides is 2. The average molecular weight is 345 g/mol. The second kappa shape index (κ2) is 6.42. The summed E-state index contributed by atoms with van der Waals surface area (Å²) in [4.78, 5) is 33.3. The molecule has 0 radical (unpaired) electrons. The largest absolute Gasteiger partial charge is 0.342 e. The molecule has 1 aromatic heterocycles. The summed E-state index contributed by atoms with van der Waals surface area (Å²) in [6.45, 7) is 4.35. The van der Waals surface area contributed by atoms with Crippen LogP contribution in [0, 0.1) is 12.3 Å². The Labute approximate surface area is 148 Å². The first-order chi connectivity index (χ1) is 12.0. The van der Waals surface area contributed by atoms with Crippen LogP contribution in [-0.4, -0.2) is 62.5 Å². The summed E-state index contributed by atoms with van der Waals surface area (Å²) in [5.74, 6) is 2.00. The van der Waals surface area contributed by atoms with Crippen molar-refractivity contribution in [2.24, 2.45) is 5.41 Å². The van der Waals surface area contributed by atoms with Crippen molar-refractivity contribution in [1.29, 1.82) is 0 Å². The van der Waals surface area contributed by atoms with Gasteiger partial charge in [-0.05, 0) is 39.0 Å². The van der Waals surface area contributed by atoms with E-state index in [-0.39, 0.29) is 11.3 Å². The predicted octanol–water partition coefficient (Wildman–Crippen LogP) is 1.44. The fourth-order valence-corrected chi connectivity index (χ4v) is 4.39. The molecule has 1 aliphatic carbocycles. The first-order valence-electron chi connectivity index (χ1n) is 9.50. The highest BCUT2D eigenvalue weighted by Crippen LogP contribution is 2.42. The molecule has 3 fully saturated rings. The van der Waals surface area contributed by atoms with Crippen LogP contribution in [0.5, 0.6) is 0 Å². The van der Waals surface area contributed by atoms with Crippen LogP contribution in [0.15, 0.2) is 0 Å². The molecular formula is C18H27N5O2. The van der Waals surface area contributed by atoms with E-state index in [1.54, 1.807) is 0 Å². The second-order valence-corrected chi connectivity index (χ2v) is 8.01. The summed E-state index contributed by atoms with van der Waals surface area (Å²) < 4.78 is 0. The van der Waals surface area contributed by atoms with E-state index in [2.05, 4.69) is 20.1 Å². The van der Waals surface area contributed by atoms with Gasteiger partial charge in [-0.1, -0.05) is 0 Å².